The van der Waals surface area contributed by atoms with E-state index >= 15 is 0 Å². The lowest BCUT2D eigenvalue weighted by molar-refractivity contribution is 0.0698. The quantitative estimate of drug-likeness (QED) is 0.838. The van der Waals surface area contributed by atoms with Gasteiger partial charge in [0.2, 0.25) is 10.0 Å². The van der Waals surface area contributed by atoms with Crippen molar-refractivity contribution in [2.75, 3.05) is 0 Å². The van der Waals surface area contributed by atoms with Gasteiger partial charge in [-0.05, 0) is 30.2 Å². The van der Waals surface area contributed by atoms with Crippen molar-refractivity contribution in [3.8, 4) is 0 Å². The number of hydrogen-bond donors (Lipinski definition) is 2. The number of sulfonamides is 1. The van der Waals surface area contributed by atoms with Gasteiger partial charge in [0.15, 0.2) is 0 Å². The van der Waals surface area contributed by atoms with Gasteiger partial charge in [0, 0.05) is 6.04 Å². The first-order chi connectivity index (χ1) is 8.45. The standard InChI is InChI=1S/C11H15NO4S2/c1-2-3-7-6-8(7)12-18(15,16)9-4-5-17-10(9)11(13)14/h4-5,7-8,12H,2-3,6H2,1H3,(H,13,14). The number of nitrogens with one attached hydrogen (secondary N) is 1. The number of thiophene rings is 1. The van der Waals surface area contributed by atoms with Crippen LogP contribution in [0.1, 0.15) is 35.9 Å². The summed E-state index contributed by atoms with van der Waals surface area (Å²) in [5, 5.41) is 10.4. The highest BCUT2D eigenvalue weighted by molar-refractivity contribution is 7.89. The second-order valence-corrected chi connectivity index (χ2v) is 7.03. The van der Waals surface area contributed by atoms with E-state index in [1.54, 1.807) is 0 Å². The van der Waals surface area contributed by atoms with Gasteiger partial charge >= 0.3 is 5.97 Å². The Bertz CT molecular complexity index is 549. The Kier molecular flexibility index (Phi) is 3.74. The van der Waals surface area contributed by atoms with Gasteiger partial charge in [0.1, 0.15) is 9.77 Å². The molecule has 2 N–H and O–H groups in total. The molecule has 7 heteroatoms. The third-order valence-corrected chi connectivity index (χ3v) is 5.57. The number of carboxylic acids is 1. The number of hydrogen-bond acceptors (Lipinski definition) is 4. The van der Waals surface area contributed by atoms with Crippen LogP contribution in [-0.2, 0) is 10.0 Å². The highest BCUT2D eigenvalue weighted by Crippen LogP contribution is 2.36. The van der Waals surface area contributed by atoms with Crippen LogP contribution < -0.4 is 4.72 Å². The largest absolute Gasteiger partial charge is 0.477 e. The Morgan fingerprint density at radius 2 is 2.33 bits per heavy atom. The van der Waals surface area contributed by atoms with E-state index in [4.69, 9.17) is 5.11 Å². The zero-order chi connectivity index (χ0) is 13.3. The van der Waals surface area contributed by atoms with Crippen LogP contribution in [0.5, 0.6) is 0 Å². The predicted octanol–water partition coefficient (Wildman–Crippen LogP) is 1.91. The van der Waals surface area contributed by atoms with E-state index in [0.29, 0.717) is 5.92 Å². The van der Waals surface area contributed by atoms with Crippen LogP contribution in [0.4, 0.5) is 0 Å². The monoisotopic (exact) mass is 289 g/mol. The van der Waals surface area contributed by atoms with Crippen molar-refractivity contribution in [2.45, 2.75) is 37.1 Å². The first kappa shape index (κ1) is 13.5. The number of aromatic carboxylic acids is 1. The van der Waals surface area contributed by atoms with Gasteiger partial charge in [0.25, 0.3) is 0 Å². The molecule has 1 aromatic heterocycles. The molecular weight excluding hydrogens is 274 g/mol. The fourth-order valence-corrected chi connectivity index (χ4v) is 4.59. The van der Waals surface area contributed by atoms with Crippen molar-refractivity contribution in [1.29, 1.82) is 0 Å². The molecule has 2 atom stereocenters. The molecule has 0 spiro atoms. The average Bonchev–Trinajstić information content (AvgIpc) is 2.83. The molecule has 0 saturated heterocycles. The Labute approximate surface area is 110 Å². The fourth-order valence-electron chi connectivity index (χ4n) is 2.01. The Hall–Kier alpha value is -0.920. The highest BCUT2D eigenvalue weighted by atomic mass is 32.2. The minimum absolute atomic E-state index is 0.0310. The molecule has 1 heterocycles. The molecule has 1 aliphatic carbocycles. The summed E-state index contributed by atoms with van der Waals surface area (Å²) in [5.74, 6) is -0.803. The van der Waals surface area contributed by atoms with E-state index < -0.39 is 16.0 Å². The van der Waals surface area contributed by atoms with E-state index in [1.807, 2.05) is 0 Å². The maximum atomic E-state index is 12.1. The second kappa shape index (κ2) is 4.99. The van der Waals surface area contributed by atoms with Crippen LogP contribution in [0.15, 0.2) is 16.3 Å². The van der Waals surface area contributed by atoms with Gasteiger partial charge in [-0.3, -0.25) is 0 Å². The SMILES string of the molecule is CCCC1CC1NS(=O)(=O)c1ccsc1C(=O)O. The van der Waals surface area contributed by atoms with Gasteiger partial charge in [-0.2, -0.15) is 0 Å². The highest BCUT2D eigenvalue weighted by Gasteiger charge is 2.40. The lowest BCUT2D eigenvalue weighted by Gasteiger charge is -2.05. The van der Waals surface area contributed by atoms with Crippen molar-refractivity contribution in [1.82, 2.24) is 4.72 Å². The van der Waals surface area contributed by atoms with Gasteiger partial charge in [-0.25, -0.2) is 17.9 Å². The molecule has 100 valence electrons. The van der Waals surface area contributed by atoms with Gasteiger partial charge in [0.05, 0.1) is 0 Å². The van der Waals surface area contributed by atoms with E-state index in [9.17, 15) is 13.2 Å². The van der Waals surface area contributed by atoms with Gasteiger partial charge in [-0.1, -0.05) is 13.3 Å². The number of carbonyl (C=O) groups is 1. The van der Waals surface area contributed by atoms with Crippen molar-refractivity contribution < 1.29 is 18.3 Å². The van der Waals surface area contributed by atoms with Crippen LogP contribution >= 0.6 is 11.3 Å². The molecule has 1 aliphatic rings. The summed E-state index contributed by atoms with van der Waals surface area (Å²) < 4.78 is 26.7. The second-order valence-electron chi connectivity index (χ2n) is 4.43. The van der Waals surface area contributed by atoms with Crippen LogP contribution in [-0.4, -0.2) is 25.5 Å². The van der Waals surface area contributed by atoms with Gasteiger partial charge < -0.3 is 5.11 Å². The first-order valence-corrected chi connectivity index (χ1v) is 8.15. The first-order valence-electron chi connectivity index (χ1n) is 5.79. The third kappa shape index (κ3) is 2.73. The summed E-state index contributed by atoms with van der Waals surface area (Å²) in [6.45, 7) is 2.06. The normalized spacial score (nSPS) is 22.9. The van der Waals surface area contributed by atoms with E-state index in [2.05, 4.69) is 11.6 Å². The van der Waals surface area contributed by atoms with Crippen LogP contribution in [0, 0.1) is 5.92 Å². The van der Waals surface area contributed by atoms with Crippen molar-refractivity contribution >= 4 is 27.3 Å². The molecule has 0 bridgehead atoms. The number of carboxylic acid groups (broad SMARTS) is 1. The molecule has 2 unspecified atom stereocenters. The minimum Gasteiger partial charge on any atom is -0.477 e. The van der Waals surface area contributed by atoms with Crippen LogP contribution in [0.25, 0.3) is 0 Å². The minimum atomic E-state index is -3.70. The summed E-state index contributed by atoms with van der Waals surface area (Å²) in [6, 6.07) is 1.31. The van der Waals surface area contributed by atoms with Gasteiger partial charge in [-0.15, -0.1) is 11.3 Å². The summed E-state index contributed by atoms with van der Waals surface area (Å²) in [7, 11) is -3.70. The van der Waals surface area contributed by atoms with E-state index in [1.165, 1.54) is 11.4 Å². The molecule has 0 amide bonds. The lowest BCUT2D eigenvalue weighted by Crippen LogP contribution is -2.27. The van der Waals surface area contributed by atoms with E-state index in [-0.39, 0.29) is 15.8 Å². The maximum Gasteiger partial charge on any atom is 0.347 e. The molecule has 18 heavy (non-hydrogen) atoms. The molecule has 5 nitrogen and oxygen atoms in total. The predicted molar refractivity (Wildman–Crippen MR) is 68.4 cm³/mol. The summed E-state index contributed by atoms with van der Waals surface area (Å²) >= 11 is 0.924. The molecule has 0 aliphatic heterocycles. The molecule has 1 saturated carbocycles. The fraction of sp³-hybridized carbons (Fsp3) is 0.545. The number of rotatable bonds is 6. The molecule has 2 rings (SSSR count). The van der Waals surface area contributed by atoms with Crippen molar-refractivity contribution in [3.63, 3.8) is 0 Å². The Balaban J connectivity index is 2.12. The van der Waals surface area contributed by atoms with Crippen LogP contribution in [0.3, 0.4) is 0 Å². The zero-order valence-electron chi connectivity index (χ0n) is 9.92. The third-order valence-electron chi connectivity index (χ3n) is 3.00. The molecule has 0 radical (unpaired) electrons. The molecule has 1 aromatic rings. The molecule has 0 aromatic carbocycles. The Morgan fingerprint density at radius 3 is 2.94 bits per heavy atom. The zero-order valence-corrected chi connectivity index (χ0v) is 11.6. The maximum absolute atomic E-state index is 12.1. The Morgan fingerprint density at radius 1 is 1.61 bits per heavy atom. The molecular formula is C11H15NO4S2. The van der Waals surface area contributed by atoms with Crippen LogP contribution in [0.2, 0.25) is 0 Å². The lowest BCUT2D eigenvalue weighted by atomic mass is 10.2. The average molecular weight is 289 g/mol. The summed E-state index contributed by atoms with van der Waals surface area (Å²) in [4.78, 5) is 10.7. The smallest absolute Gasteiger partial charge is 0.347 e. The summed E-state index contributed by atoms with van der Waals surface area (Å²) in [5.41, 5.74) is 0. The summed E-state index contributed by atoms with van der Waals surface area (Å²) in [6.07, 6.45) is 2.88. The van der Waals surface area contributed by atoms with Crippen molar-refractivity contribution in [3.05, 3.63) is 16.3 Å². The van der Waals surface area contributed by atoms with Crippen molar-refractivity contribution in [2.24, 2.45) is 5.92 Å². The molecule has 1 fully saturated rings. The topological polar surface area (TPSA) is 83.5 Å². The van der Waals surface area contributed by atoms with E-state index in [0.717, 1.165) is 30.6 Å².